The van der Waals surface area contributed by atoms with Crippen molar-refractivity contribution in [2.75, 3.05) is 0 Å². The number of benzene rings is 1. The molecule has 0 aliphatic rings. The lowest BCUT2D eigenvalue weighted by molar-refractivity contribution is -0.136. The van der Waals surface area contributed by atoms with Crippen LogP contribution in [-0.2, 0) is 4.79 Å². The van der Waals surface area contributed by atoms with Gasteiger partial charge in [0.2, 0.25) is 0 Å². The maximum atomic E-state index is 10.9. The molecule has 3 nitrogen and oxygen atoms in total. The van der Waals surface area contributed by atoms with E-state index in [0.29, 0.717) is 5.02 Å². The number of hydrogen-bond donors (Lipinski definition) is 1. The number of nitrogens with zero attached hydrogens (tertiary/aromatic N) is 1. The van der Waals surface area contributed by atoms with Crippen LogP contribution in [0, 0.1) is 0 Å². The molecule has 0 amide bonds. The lowest BCUT2D eigenvalue weighted by Crippen LogP contribution is -2.11. The van der Waals surface area contributed by atoms with E-state index in [4.69, 9.17) is 16.7 Å². The summed E-state index contributed by atoms with van der Waals surface area (Å²) in [6, 6.07) is 9.23. The number of rotatable bonds is 4. The highest BCUT2D eigenvalue weighted by Crippen LogP contribution is 2.33. The molecule has 19 heavy (non-hydrogen) atoms. The molecule has 1 aromatic heterocycles. The fraction of sp³-hybridized carbons (Fsp3) is 0.143. The average molecular weight is 294 g/mol. The fourth-order valence-corrected chi connectivity index (χ4v) is 2.62. The molecule has 1 N–H and O–H groups in total. The molecule has 1 aromatic carbocycles. The number of thioether (sulfide) groups is 1. The van der Waals surface area contributed by atoms with Crippen LogP contribution in [0.4, 0.5) is 0 Å². The largest absolute Gasteiger partial charge is 0.480 e. The molecule has 0 aliphatic heterocycles. The number of hydrogen-bond acceptors (Lipinski definition) is 3. The molecule has 0 saturated heterocycles. The molecule has 2 rings (SSSR count). The van der Waals surface area contributed by atoms with E-state index in [1.54, 1.807) is 31.5 Å². The summed E-state index contributed by atoms with van der Waals surface area (Å²) in [6.45, 7) is 1.67. The lowest BCUT2D eigenvalue weighted by Gasteiger charge is -2.11. The van der Waals surface area contributed by atoms with Crippen LogP contribution < -0.4 is 0 Å². The number of pyridine rings is 1. The third-order valence-electron chi connectivity index (χ3n) is 2.59. The van der Waals surface area contributed by atoms with Crippen LogP contribution in [0.25, 0.3) is 11.1 Å². The molecule has 98 valence electrons. The van der Waals surface area contributed by atoms with Gasteiger partial charge in [0.15, 0.2) is 0 Å². The van der Waals surface area contributed by atoms with Gasteiger partial charge < -0.3 is 5.11 Å². The highest BCUT2D eigenvalue weighted by molar-refractivity contribution is 8.00. The Morgan fingerprint density at radius 1 is 1.32 bits per heavy atom. The molecule has 2 aromatic rings. The van der Waals surface area contributed by atoms with Crippen molar-refractivity contribution in [3.8, 4) is 11.1 Å². The molecule has 0 fully saturated rings. The van der Waals surface area contributed by atoms with Crippen molar-refractivity contribution in [1.82, 2.24) is 4.98 Å². The Labute approximate surface area is 120 Å². The Balaban J connectivity index is 2.35. The maximum Gasteiger partial charge on any atom is 0.316 e. The Bertz CT molecular complexity index is 586. The third-order valence-corrected chi connectivity index (χ3v) is 4.00. The Morgan fingerprint density at radius 2 is 2.00 bits per heavy atom. The van der Waals surface area contributed by atoms with Crippen LogP contribution in [-0.4, -0.2) is 21.3 Å². The predicted molar refractivity (Wildman–Crippen MR) is 77.6 cm³/mol. The van der Waals surface area contributed by atoms with Crippen LogP contribution in [0.3, 0.4) is 0 Å². The quantitative estimate of drug-likeness (QED) is 0.867. The van der Waals surface area contributed by atoms with Crippen molar-refractivity contribution < 1.29 is 9.90 Å². The smallest absolute Gasteiger partial charge is 0.316 e. The van der Waals surface area contributed by atoms with Crippen molar-refractivity contribution in [3.05, 3.63) is 47.7 Å². The molecule has 1 atom stereocenters. The van der Waals surface area contributed by atoms with Gasteiger partial charge in [-0.3, -0.25) is 9.78 Å². The number of aliphatic carboxylic acids is 1. The summed E-state index contributed by atoms with van der Waals surface area (Å²) in [4.78, 5) is 15.9. The molecule has 0 radical (unpaired) electrons. The lowest BCUT2D eigenvalue weighted by atomic mass is 10.1. The van der Waals surface area contributed by atoms with Gasteiger partial charge in [-0.15, -0.1) is 11.8 Å². The maximum absolute atomic E-state index is 10.9. The van der Waals surface area contributed by atoms with Crippen LogP contribution in [0.1, 0.15) is 6.92 Å². The van der Waals surface area contributed by atoms with Crippen LogP contribution in [0.5, 0.6) is 0 Å². The van der Waals surface area contributed by atoms with E-state index in [1.165, 1.54) is 11.8 Å². The summed E-state index contributed by atoms with van der Waals surface area (Å²) in [5.41, 5.74) is 1.88. The second kappa shape index (κ2) is 6.08. The van der Waals surface area contributed by atoms with Gasteiger partial charge in [0, 0.05) is 27.9 Å². The number of halogens is 1. The normalized spacial score (nSPS) is 12.1. The second-order valence-corrected chi connectivity index (χ2v) is 5.80. The van der Waals surface area contributed by atoms with Gasteiger partial charge in [-0.25, -0.2) is 0 Å². The highest BCUT2D eigenvalue weighted by Gasteiger charge is 2.15. The minimum absolute atomic E-state index is 0.506. The van der Waals surface area contributed by atoms with Crippen molar-refractivity contribution in [3.63, 3.8) is 0 Å². The molecular formula is C14H12ClNO2S. The zero-order valence-electron chi connectivity index (χ0n) is 10.2. The summed E-state index contributed by atoms with van der Waals surface area (Å²) in [5.74, 6) is -0.830. The monoisotopic (exact) mass is 293 g/mol. The Hall–Kier alpha value is -1.52. The van der Waals surface area contributed by atoms with E-state index in [-0.39, 0.29) is 0 Å². The van der Waals surface area contributed by atoms with Crippen molar-refractivity contribution >= 4 is 29.3 Å². The molecule has 0 saturated carbocycles. The predicted octanol–water partition coefficient (Wildman–Crippen LogP) is 3.97. The SMILES string of the molecule is CC(Sc1ccncc1-c1ccc(Cl)cc1)C(=O)O. The van der Waals surface area contributed by atoms with Gasteiger partial charge in [-0.1, -0.05) is 23.7 Å². The molecule has 1 unspecified atom stereocenters. The standard InChI is InChI=1S/C14H12ClNO2S/c1-9(14(17)18)19-13-6-7-16-8-12(13)10-2-4-11(15)5-3-10/h2-9H,1H3,(H,17,18). The molecule has 0 bridgehead atoms. The topological polar surface area (TPSA) is 50.2 Å². The third kappa shape index (κ3) is 3.49. The molecule has 0 aliphatic carbocycles. The summed E-state index contributed by atoms with van der Waals surface area (Å²) in [5, 5.41) is 9.15. The van der Waals surface area contributed by atoms with Crippen molar-refractivity contribution in [1.29, 1.82) is 0 Å². The van der Waals surface area contributed by atoms with E-state index in [2.05, 4.69) is 4.98 Å². The fourth-order valence-electron chi connectivity index (χ4n) is 1.57. The number of carbonyl (C=O) groups is 1. The average Bonchev–Trinajstić information content (AvgIpc) is 2.40. The van der Waals surface area contributed by atoms with E-state index < -0.39 is 11.2 Å². The molecule has 0 spiro atoms. The first-order valence-electron chi connectivity index (χ1n) is 5.67. The first-order valence-corrected chi connectivity index (χ1v) is 6.93. The second-order valence-electron chi connectivity index (χ2n) is 3.98. The molecule has 5 heteroatoms. The minimum Gasteiger partial charge on any atom is -0.480 e. The summed E-state index contributed by atoms with van der Waals surface area (Å²) >= 11 is 7.17. The van der Waals surface area contributed by atoms with Crippen LogP contribution in [0.15, 0.2) is 47.6 Å². The zero-order valence-corrected chi connectivity index (χ0v) is 11.8. The number of carboxylic acid groups (broad SMARTS) is 1. The van der Waals surface area contributed by atoms with Gasteiger partial charge >= 0.3 is 5.97 Å². The summed E-state index contributed by atoms with van der Waals surface area (Å²) in [7, 11) is 0. The van der Waals surface area contributed by atoms with Crippen LogP contribution in [0.2, 0.25) is 5.02 Å². The Morgan fingerprint density at radius 3 is 2.63 bits per heavy atom. The van der Waals surface area contributed by atoms with E-state index in [1.807, 2.05) is 18.2 Å². The van der Waals surface area contributed by atoms with Crippen LogP contribution >= 0.6 is 23.4 Å². The van der Waals surface area contributed by atoms with Gasteiger partial charge in [0.05, 0.1) is 0 Å². The summed E-state index contributed by atoms with van der Waals surface area (Å²) < 4.78 is 0. The van der Waals surface area contributed by atoms with E-state index >= 15 is 0 Å². The van der Waals surface area contributed by atoms with Gasteiger partial charge in [-0.2, -0.15) is 0 Å². The van der Waals surface area contributed by atoms with E-state index in [0.717, 1.165) is 16.0 Å². The van der Waals surface area contributed by atoms with Gasteiger partial charge in [-0.05, 0) is 30.7 Å². The number of carboxylic acids is 1. The Kier molecular flexibility index (Phi) is 4.45. The van der Waals surface area contributed by atoms with E-state index in [9.17, 15) is 4.79 Å². The van der Waals surface area contributed by atoms with Gasteiger partial charge in [0.1, 0.15) is 5.25 Å². The zero-order chi connectivity index (χ0) is 13.8. The molecular weight excluding hydrogens is 282 g/mol. The number of aromatic nitrogens is 1. The van der Waals surface area contributed by atoms with Gasteiger partial charge in [0.25, 0.3) is 0 Å². The van der Waals surface area contributed by atoms with Crippen molar-refractivity contribution in [2.45, 2.75) is 17.1 Å². The molecule has 1 heterocycles. The first kappa shape index (κ1) is 13.9. The first-order chi connectivity index (χ1) is 9.08. The highest BCUT2D eigenvalue weighted by atomic mass is 35.5. The summed E-state index contributed by atoms with van der Waals surface area (Å²) in [6.07, 6.45) is 3.40. The van der Waals surface area contributed by atoms with Crippen molar-refractivity contribution in [2.24, 2.45) is 0 Å². The minimum atomic E-state index is -0.830.